The number of imidazole rings is 1. The smallest absolute Gasteiger partial charge is 0.254 e. The number of amides is 1. The van der Waals surface area contributed by atoms with Gasteiger partial charge in [0.1, 0.15) is 0 Å². The maximum absolute atomic E-state index is 12.9. The third kappa shape index (κ3) is 3.17. The van der Waals surface area contributed by atoms with E-state index < -0.39 is 0 Å². The summed E-state index contributed by atoms with van der Waals surface area (Å²) in [4.78, 5) is 33.9. The number of ether oxygens (including phenoxy) is 1. The Kier molecular flexibility index (Phi) is 4.25. The van der Waals surface area contributed by atoms with E-state index in [1.165, 1.54) is 6.20 Å². The summed E-state index contributed by atoms with van der Waals surface area (Å²) in [5, 5.41) is 0. The van der Waals surface area contributed by atoms with Gasteiger partial charge in [0.2, 0.25) is 5.78 Å². The summed E-state index contributed by atoms with van der Waals surface area (Å²) in [6, 6.07) is 6.85. The number of rotatable bonds is 3. The highest BCUT2D eigenvalue weighted by atomic mass is 16.5. The predicted molar refractivity (Wildman–Crippen MR) is 84.4 cm³/mol. The molecule has 1 saturated heterocycles. The Morgan fingerprint density at radius 2 is 1.83 bits per heavy atom. The van der Waals surface area contributed by atoms with Crippen LogP contribution in [0.15, 0.2) is 36.7 Å². The highest BCUT2D eigenvalue weighted by Crippen LogP contribution is 2.18. The van der Waals surface area contributed by atoms with E-state index in [1.54, 1.807) is 35.4 Å². The molecule has 1 N–H and O–H groups in total. The number of ketones is 1. The number of morpholine rings is 1. The average Bonchev–Trinajstić information content (AvgIpc) is 3.07. The first-order chi connectivity index (χ1) is 11.1. The molecule has 0 radical (unpaired) electrons. The van der Waals surface area contributed by atoms with Crippen molar-refractivity contribution in [1.29, 1.82) is 0 Å². The fourth-order valence-electron chi connectivity index (χ4n) is 2.90. The Hall–Kier alpha value is -2.47. The quantitative estimate of drug-likeness (QED) is 0.878. The van der Waals surface area contributed by atoms with Crippen molar-refractivity contribution in [3.8, 4) is 0 Å². The molecule has 1 fully saturated rings. The molecule has 0 spiro atoms. The molecule has 1 aromatic carbocycles. The van der Waals surface area contributed by atoms with E-state index in [1.807, 2.05) is 13.8 Å². The van der Waals surface area contributed by atoms with Crippen LogP contribution < -0.4 is 0 Å². The van der Waals surface area contributed by atoms with Crippen molar-refractivity contribution in [1.82, 2.24) is 14.9 Å². The molecule has 0 bridgehead atoms. The van der Waals surface area contributed by atoms with Crippen LogP contribution in [0.1, 0.15) is 40.4 Å². The molecule has 120 valence electrons. The third-order valence-corrected chi connectivity index (χ3v) is 3.82. The summed E-state index contributed by atoms with van der Waals surface area (Å²) in [5.74, 6) is -0.204. The first kappa shape index (κ1) is 15.4. The number of nitrogens with zero attached hydrogens (tertiary/aromatic N) is 2. The van der Waals surface area contributed by atoms with Crippen molar-refractivity contribution in [3.63, 3.8) is 0 Å². The van der Waals surface area contributed by atoms with Crippen molar-refractivity contribution < 1.29 is 14.3 Å². The molecule has 0 unspecified atom stereocenters. The highest BCUT2D eigenvalue weighted by Gasteiger charge is 2.29. The minimum absolute atomic E-state index is 0.0179. The van der Waals surface area contributed by atoms with Crippen LogP contribution in [0.4, 0.5) is 0 Å². The van der Waals surface area contributed by atoms with Crippen molar-refractivity contribution in [3.05, 3.63) is 53.6 Å². The highest BCUT2D eigenvalue weighted by molar-refractivity contribution is 6.13. The number of nitrogens with one attached hydrogen (secondary N) is 1. The molecule has 3 rings (SSSR count). The second-order valence-corrected chi connectivity index (χ2v) is 5.78. The summed E-state index contributed by atoms with van der Waals surface area (Å²) in [6.45, 7) is 4.92. The van der Waals surface area contributed by atoms with Crippen molar-refractivity contribution in [2.75, 3.05) is 13.1 Å². The molecule has 2 atom stereocenters. The average molecular weight is 313 g/mol. The lowest BCUT2D eigenvalue weighted by molar-refractivity contribution is -0.0586. The topological polar surface area (TPSA) is 75.3 Å². The first-order valence-corrected chi connectivity index (χ1v) is 7.64. The van der Waals surface area contributed by atoms with Gasteiger partial charge in [-0.25, -0.2) is 4.98 Å². The van der Waals surface area contributed by atoms with E-state index in [0.717, 1.165) is 0 Å². The van der Waals surface area contributed by atoms with E-state index in [-0.39, 0.29) is 29.7 Å². The fraction of sp³-hybridized carbons (Fsp3) is 0.353. The number of hydrogen-bond acceptors (Lipinski definition) is 4. The van der Waals surface area contributed by atoms with Gasteiger partial charge in [-0.3, -0.25) is 9.59 Å². The Morgan fingerprint density at radius 1 is 1.17 bits per heavy atom. The summed E-state index contributed by atoms with van der Waals surface area (Å²) in [6.07, 6.45) is 3.07. The van der Waals surface area contributed by atoms with E-state index in [2.05, 4.69) is 9.97 Å². The normalized spacial score (nSPS) is 21.2. The van der Waals surface area contributed by atoms with Crippen molar-refractivity contribution >= 4 is 11.7 Å². The zero-order chi connectivity index (χ0) is 16.4. The maximum Gasteiger partial charge on any atom is 0.254 e. The van der Waals surface area contributed by atoms with E-state index in [4.69, 9.17) is 4.74 Å². The van der Waals surface area contributed by atoms with Gasteiger partial charge in [0.25, 0.3) is 5.91 Å². The fourth-order valence-corrected chi connectivity index (χ4v) is 2.90. The SMILES string of the molecule is C[C@@H]1CN(C(=O)c2ccccc2C(=O)c2ncc[nH]2)C[C@H](C)O1. The summed E-state index contributed by atoms with van der Waals surface area (Å²) < 4.78 is 5.66. The number of aromatic amines is 1. The van der Waals surface area contributed by atoms with Crippen LogP contribution >= 0.6 is 0 Å². The number of H-pyrrole nitrogens is 1. The number of benzene rings is 1. The second kappa shape index (κ2) is 6.34. The number of carbonyl (C=O) groups is 2. The molecule has 0 aliphatic carbocycles. The second-order valence-electron chi connectivity index (χ2n) is 5.78. The number of hydrogen-bond donors (Lipinski definition) is 1. The van der Waals surface area contributed by atoms with Crippen LogP contribution in [-0.2, 0) is 4.74 Å². The summed E-state index contributed by atoms with van der Waals surface area (Å²) in [7, 11) is 0. The molecule has 1 amide bonds. The molecular weight excluding hydrogens is 294 g/mol. The molecule has 2 aromatic rings. The van der Waals surface area contributed by atoms with Crippen LogP contribution in [0.25, 0.3) is 0 Å². The predicted octanol–water partition coefficient (Wildman–Crippen LogP) is 1.89. The Labute approximate surface area is 134 Å². The standard InChI is InChI=1S/C17H19N3O3/c1-11-9-20(10-12(2)23-11)17(22)14-6-4-3-5-13(14)15(21)16-18-7-8-19-16/h3-8,11-12H,9-10H2,1-2H3,(H,18,19)/t11-,12+. The van der Waals surface area contributed by atoms with Crippen LogP contribution in [-0.4, -0.2) is 51.9 Å². The van der Waals surface area contributed by atoms with E-state index in [9.17, 15) is 9.59 Å². The van der Waals surface area contributed by atoms with Crippen molar-refractivity contribution in [2.24, 2.45) is 0 Å². The van der Waals surface area contributed by atoms with Gasteiger partial charge in [-0.15, -0.1) is 0 Å². The number of aromatic nitrogens is 2. The third-order valence-electron chi connectivity index (χ3n) is 3.82. The minimum atomic E-state index is -0.284. The van der Waals surface area contributed by atoms with Gasteiger partial charge >= 0.3 is 0 Å². The molecule has 23 heavy (non-hydrogen) atoms. The first-order valence-electron chi connectivity index (χ1n) is 7.64. The lowest BCUT2D eigenvalue weighted by Gasteiger charge is -2.35. The van der Waals surface area contributed by atoms with Gasteiger partial charge < -0.3 is 14.6 Å². The van der Waals surface area contributed by atoms with Crippen LogP contribution in [0.3, 0.4) is 0 Å². The zero-order valence-electron chi connectivity index (χ0n) is 13.2. The molecule has 0 saturated carbocycles. The monoisotopic (exact) mass is 313 g/mol. The van der Waals surface area contributed by atoms with Crippen LogP contribution in [0.2, 0.25) is 0 Å². The zero-order valence-corrected chi connectivity index (χ0v) is 13.2. The molecule has 6 nitrogen and oxygen atoms in total. The largest absolute Gasteiger partial charge is 0.372 e. The van der Waals surface area contributed by atoms with E-state index in [0.29, 0.717) is 24.2 Å². The van der Waals surface area contributed by atoms with Gasteiger partial charge in [-0.1, -0.05) is 18.2 Å². The van der Waals surface area contributed by atoms with Gasteiger partial charge in [0.05, 0.1) is 17.8 Å². The minimum Gasteiger partial charge on any atom is -0.372 e. The molecule has 1 aromatic heterocycles. The van der Waals surface area contributed by atoms with Gasteiger partial charge in [-0.2, -0.15) is 0 Å². The summed E-state index contributed by atoms with van der Waals surface area (Å²) in [5.41, 5.74) is 0.759. The Balaban J connectivity index is 1.91. The Bertz CT molecular complexity index is 702. The van der Waals surface area contributed by atoms with E-state index >= 15 is 0 Å². The molecular formula is C17H19N3O3. The van der Waals surface area contributed by atoms with Crippen LogP contribution in [0.5, 0.6) is 0 Å². The van der Waals surface area contributed by atoms with Gasteiger partial charge in [0, 0.05) is 31.0 Å². The Morgan fingerprint density at radius 3 is 2.43 bits per heavy atom. The molecule has 2 heterocycles. The number of carbonyl (C=O) groups excluding carboxylic acids is 2. The lowest BCUT2D eigenvalue weighted by Crippen LogP contribution is -2.48. The summed E-state index contributed by atoms with van der Waals surface area (Å²) >= 11 is 0. The van der Waals surface area contributed by atoms with Crippen LogP contribution in [0, 0.1) is 0 Å². The lowest BCUT2D eigenvalue weighted by atomic mass is 10.0. The van der Waals surface area contributed by atoms with Gasteiger partial charge in [-0.05, 0) is 19.9 Å². The maximum atomic E-state index is 12.9. The van der Waals surface area contributed by atoms with Crippen molar-refractivity contribution in [2.45, 2.75) is 26.1 Å². The molecule has 1 aliphatic heterocycles. The molecule has 6 heteroatoms. The molecule has 1 aliphatic rings. The van der Waals surface area contributed by atoms with Gasteiger partial charge in [0.15, 0.2) is 5.82 Å².